The molecule has 0 radical (unpaired) electrons. The van der Waals surface area contributed by atoms with Gasteiger partial charge in [0.25, 0.3) is 0 Å². The van der Waals surface area contributed by atoms with Gasteiger partial charge in [0.05, 0.1) is 6.54 Å². The van der Waals surface area contributed by atoms with Crippen molar-refractivity contribution >= 4 is 17.9 Å². The number of hydrogen-bond acceptors (Lipinski definition) is 5. The first kappa shape index (κ1) is 53.3. The predicted octanol–water partition coefficient (Wildman–Crippen LogP) is 13.2. The lowest BCUT2D eigenvalue weighted by molar-refractivity contribution is -0.136. The van der Waals surface area contributed by atoms with Crippen molar-refractivity contribution in [3.05, 3.63) is 23.8 Å². The lowest BCUT2D eigenvalue weighted by Crippen LogP contribution is -2.51. The number of nitrogens with two attached hydrogens (primary N) is 1. The van der Waals surface area contributed by atoms with E-state index < -0.39 is 0 Å². The molecule has 0 aromatic rings. The topological polar surface area (TPSA) is 114 Å². The van der Waals surface area contributed by atoms with Crippen LogP contribution in [0.1, 0.15) is 221 Å². The monoisotopic (exact) mass is 879 g/mol. The Morgan fingerprint density at radius 2 is 1.49 bits per heavy atom. The van der Waals surface area contributed by atoms with E-state index in [0.717, 1.165) is 93.3 Å². The first-order valence-corrected chi connectivity index (χ1v) is 27.0. The molecule has 0 unspecified atom stereocenters. The van der Waals surface area contributed by atoms with E-state index >= 15 is 0 Å². The van der Waals surface area contributed by atoms with Gasteiger partial charge in [0, 0.05) is 32.5 Å². The van der Waals surface area contributed by atoms with Crippen molar-refractivity contribution in [1.82, 2.24) is 15.5 Å². The Labute approximate surface area is 387 Å². The number of carbonyl (C=O) groups is 3. The second kappa shape index (κ2) is 28.6. The van der Waals surface area contributed by atoms with Crippen LogP contribution in [0.2, 0.25) is 0 Å². The van der Waals surface area contributed by atoms with Gasteiger partial charge in [-0.3, -0.25) is 9.59 Å². The molecule has 0 aliphatic heterocycles. The molecule has 0 bridgehead atoms. The second-order valence-electron chi connectivity index (χ2n) is 21.8. The zero-order valence-electron chi connectivity index (χ0n) is 41.8. The van der Waals surface area contributed by atoms with Crippen LogP contribution in [-0.4, -0.2) is 61.6 Å². The summed E-state index contributed by atoms with van der Waals surface area (Å²) < 4.78 is 6.07. The molecule has 0 aromatic heterocycles. The van der Waals surface area contributed by atoms with Gasteiger partial charge in [-0.1, -0.05) is 136 Å². The molecule has 3 saturated carbocycles. The average molecular weight is 879 g/mol. The molecule has 362 valence electrons. The van der Waals surface area contributed by atoms with Crippen LogP contribution in [0.15, 0.2) is 23.8 Å². The Kier molecular flexibility index (Phi) is 24.2. The molecule has 3 fully saturated rings. The Hall–Kier alpha value is -2.35. The number of nitrogens with zero attached hydrogens (tertiary/aromatic N) is 1. The summed E-state index contributed by atoms with van der Waals surface area (Å²) in [6.07, 6.45) is 39.1. The van der Waals surface area contributed by atoms with Gasteiger partial charge in [-0.15, -0.1) is 0 Å². The van der Waals surface area contributed by atoms with Gasteiger partial charge < -0.3 is 26.0 Å². The fraction of sp³-hybridized carbons (Fsp3) is 0.873. The maximum Gasteiger partial charge on any atom is 0.407 e. The fourth-order valence-electron chi connectivity index (χ4n) is 12.9. The molecule has 0 aromatic carbocycles. The zero-order chi connectivity index (χ0) is 45.5. The molecular formula is C55H98N4O4. The number of hydrogen-bond donors (Lipinski definition) is 3. The molecule has 0 spiro atoms. The first-order chi connectivity index (χ1) is 30.4. The second-order valence-corrected chi connectivity index (χ2v) is 21.8. The zero-order valence-corrected chi connectivity index (χ0v) is 41.8. The molecule has 4 aliphatic carbocycles. The fourth-order valence-corrected chi connectivity index (χ4v) is 12.9. The number of alkyl carbamates (subject to hydrolysis) is 1. The molecule has 4 N–H and O–H groups in total. The normalized spacial score (nSPS) is 27.0. The van der Waals surface area contributed by atoms with Crippen molar-refractivity contribution in [1.29, 1.82) is 0 Å². The highest BCUT2D eigenvalue weighted by atomic mass is 16.6. The highest BCUT2D eigenvalue weighted by Crippen LogP contribution is 2.67. The summed E-state index contributed by atoms with van der Waals surface area (Å²) in [6, 6.07) is 0. The summed E-state index contributed by atoms with van der Waals surface area (Å²) in [5, 5.41) is 5.93. The van der Waals surface area contributed by atoms with Crippen molar-refractivity contribution in [2.45, 2.75) is 227 Å². The number of rotatable bonds is 31. The van der Waals surface area contributed by atoms with E-state index in [1.54, 1.807) is 4.90 Å². The average Bonchev–Trinajstić information content (AvgIpc) is 3.62. The van der Waals surface area contributed by atoms with E-state index in [2.05, 4.69) is 70.4 Å². The van der Waals surface area contributed by atoms with Crippen LogP contribution in [0.3, 0.4) is 0 Å². The van der Waals surface area contributed by atoms with Crippen LogP contribution in [0, 0.1) is 46.3 Å². The third-order valence-electron chi connectivity index (χ3n) is 16.7. The van der Waals surface area contributed by atoms with Gasteiger partial charge in [0.2, 0.25) is 11.8 Å². The standard InChI is InChI=1S/C55H98N4O4/c1-7-8-9-10-11-12-13-14-15-16-17-18-19-20-21-28-52(61)59(42-51(60)57-38-23-22-37-56)40-25-39-58-53(62)63-46-33-35-54(5)45(41-46)29-30-47-49-32-31-48(44(4)27-24-26-43(2)3)55(49,6)36-34-50(47)54/h14-15,29,43-44,46-50H,7-13,16-28,30-42,56H2,1-6H3,(H,57,60)(H,58,62)/b15-14-/t44-,46+,47+,48-,49+,50+,54+,55-/m1/s1. The van der Waals surface area contributed by atoms with E-state index in [9.17, 15) is 14.4 Å². The number of unbranched alkanes of at least 4 members (excludes halogenated alkanes) is 12. The molecule has 4 aliphatic rings. The van der Waals surface area contributed by atoms with Crippen molar-refractivity contribution in [2.24, 2.45) is 52.1 Å². The smallest absolute Gasteiger partial charge is 0.407 e. The molecular weight excluding hydrogens is 781 g/mol. The van der Waals surface area contributed by atoms with Gasteiger partial charge >= 0.3 is 6.09 Å². The third kappa shape index (κ3) is 17.1. The van der Waals surface area contributed by atoms with Gasteiger partial charge in [0.1, 0.15) is 6.10 Å². The Bertz CT molecular complexity index is 1400. The van der Waals surface area contributed by atoms with Gasteiger partial charge in [-0.05, 0) is 149 Å². The van der Waals surface area contributed by atoms with E-state index in [0.29, 0.717) is 44.4 Å². The molecule has 0 saturated heterocycles. The van der Waals surface area contributed by atoms with Crippen LogP contribution in [0.5, 0.6) is 0 Å². The molecule has 8 nitrogen and oxygen atoms in total. The van der Waals surface area contributed by atoms with Crippen molar-refractivity contribution in [3.8, 4) is 0 Å². The largest absolute Gasteiger partial charge is 0.446 e. The SMILES string of the molecule is CCCCCCCC/C=C\CCCCCCCC(=O)N(CCCNC(=O)O[C@H]1CC[C@@]2(C)C(=CC[C@H]3[C@@H]4CC[C@H]([C@H](C)CCCC(C)C)[C@@]4(C)CC[C@@H]32)C1)CC(=O)NCCCCN. The highest BCUT2D eigenvalue weighted by Gasteiger charge is 2.59. The summed E-state index contributed by atoms with van der Waals surface area (Å²) >= 11 is 0. The lowest BCUT2D eigenvalue weighted by Gasteiger charge is -2.58. The number of fused-ring (bicyclic) bond motifs is 5. The van der Waals surface area contributed by atoms with E-state index in [1.165, 1.54) is 115 Å². The molecule has 3 amide bonds. The van der Waals surface area contributed by atoms with Crippen LogP contribution >= 0.6 is 0 Å². The Morgan fingerprint density at radius 3 is 2.21 bits per heavy atom. The quantitative estimate of drug-likeness (QED) is 0.0474. The van der Waals surface area contributed by atoms with Crippen LogP contribution in [0.4, 0.5) is 4.79 Å². The summed E-state index contributed by atoms with van der Waals surface area (Å²) in [5.41, 5.74) is 7.87. The molecule has 8 heteroatoms. The number of nitrogens with one attached hydrogen (secondary N) is 2. The van der Waals surface area contributed by atoms with E-state index in [1.807, 2.05) is 0 Å². The Balaban J connectivity index is 1.16. The van der Waals surface area contributed by atoms with Crippen LogP contribution in [-0.2, 0) is 14.3 Å². The number of amides is 3. The number of carbonyl (C=O) groups excluding carboxylic acids is 3. The number of allylic oxidation sites excluding steroid dienone is 3. The van der Waals surface area contributed by atoms with Gasteiger partial charge in [-0.2, -0.15) is 0 Å². The molecule has 4 rings (SSSR count). The minimum Gasteiger partial charge on any atom is -0.446 e. The van der Waals surface area contributed by atoms with Crippen LogP contribution in [0.25, 0.3) is 0 Å². The summed E-state index contributed by atoms with van der Waals surface area (Å²) in [6.45, 7) is 16.8. The van der Waals surface area contributed by atoms with E-state index in [4.69, 9.17) is 10.5 Å². The summed E-state index contributed by atoms with van der Waals surface area (Å²) in [5.74, 6) is 4.77. The molecule has 63 heavy (non-hydrogen) atoms. The number of ether oxygens (including phenoxy) is 1. The molecule has 0 heterocycles. The van der Waals surface area contributed by atoms with E-state index in [-0.39, 0.29) is 36.0 Å². The summed E-state index contributed by atoms with van der Waals surface area (Å²) in [4.78, 5) is 41.0. The highest BCUT2D eigenvalue weighted by molar-refractivity contribution is 5.84. The van der Waals surface area contributed by atoms with Gasteiger partial charge in [0.15, 0.2) is 0 Å². The minimum absolute atomic E-state index is 0.0163. The lowest BCUT2D eigenvalue weighted by atomic mass is 9.47. The van der Waals surface area contributed by atoms with Crippen molar-refractivity contribution in [2.75, 3.05) is 32.7 Å². The first-order valence-electron chi connectivity index (χ1n) is 27.0. The minimum atomic E-state index is -0.366. The third-order valence-corrected chi connectivity index (χ3v) is 16.7. The molecule has 8 atom stereocenters. The van der Waals surface area contributed by atoms with Crippen LogP contribution < -0.4 is 16.4 Å². The van der Waals surface area contributed by atoms with Crippen molar-refractivity contribution in [3.63, 3.8) is 0 Å². The van der Waals surface area contributed by atoms with Crippen molar-refractivity contribution < 1.29 is 19.1 Å². The summed E-state index contributed by atoms with van der Waals surface area (Å²) in [7, 11) is 0. The maximum atomic E-state index is 13.4. The van der Waals surface area contributed by atoms with Gasteiger partial charge in [-0.25, -0.2) is 4.79 Å². The maximum absolute atomic E-state index is 13.4. The Morgan fingerprint density at radius 1 is 0.794 bits per heavy atom. The predicted molar refractivity (Wildman–Crippen MR) is 263 cm³/mol.